The Kier molecular flexibility index (Phi) is 4.27. The fraction of sp³-hybridized carbons (Fsp3) is 0.500. The van der Waals surface area contributed by atoms with Crippen LogP contribution in [0.15, 0.2) is 18.2 Å². The first kappa shape index (κ1) is 13.7. The molecule has 0 bridgehead atoms. The van der Waals surface area contributed by atoms with E-state index in [0.717, 1.165) is 0 Å². The molecule has 104 valence electrons. The van der Waals surface area contributed by atoms with Crippen molar-refractivity contribution in [1.82, 2.24) is 5.32 Å². The Balaban J connectivity index is 2.19. The number of fused-ring (bicyclic) bond motifs is 1. The second kappa shape index (κ2) is 5.93. The van der Waals surface area contributed by atoms with Gasteiger partial charge in [-0.3, -0.25) is 4.79 Å². The van der Waals surface area contributed by atoms with Crippen LogP contribution in [0.5, 0.6) is 11.5 Å². The van der Waals surface area contributed by atoms with Gasteiger partial charge in [0.05, 0.1) is 18.2 Å². The van der Waals surface area contributed by atoms with E-state index in [0.29, 0.717) is 30.3 Å². The molecule has 1 heterocycles. The number of aliphatic hydroxyl groups is 1. The lowest BCUT2D eigenvalue weighted by Gasteiger charge is -2.23. The molecule has 5 heteroatoms. The van der Waals surface area contributed by atoms with Crippen molar-refractivity contribution < 1.29 is 19.4 Å². The number of carbonyl (C=O) groups is 1. The van der Waals surface area contributed by atoms with Crippen LogP contribution in [0.1, 0.15) is 24.2 Å². The fourth-order valence-corrected chi connectivity index (χ4v) is 1.92. The first-order valence-electron chi connectivity index (χ1n) is 6.43. The second-order valence-corrected chi connectivity index (χ2v) is 4.84. The van der Waals surface area contributed by atoms with Crippen molar-refractivity contribution in [3.8, 4) is 11.5 Å². The third-order valence-electron chi connectivity index (χ3n) is 3.13. The third-order valence-corrected chi connectivity index (χ3v) is 3.13. The van der Waals surface area contributed by atoms with Crippen LogP contribution in [0.25, 0.3) is 0 Å². The Morgan fingerprint density at radius 1 is 1.37 bits per heavy atom. The highest BCUT2D eigenvalue weighted by Gasteiger charge is 2.23. The number of nitrogens with one attached hydrogen (secondary N) is 1. The fourth-order valence-electron chi connectivity index (χ4n) is 1.92. The Morgan fingerprint density at radius 2 is 2.11 bits per heavy atom. The summed E-state index contributed by atoms with van der Waals surface area (Å²) >= 11 is 0. The topological polar surface area (TPSA) is 67.8 Å². The van der Waals surface area contributed by atoms with Crippen molar-refractivity contribution in [2.75, 3.05) is 19.8 Å². The average Bonchev–Trinajstić information content (AvgIpc) is 2.43. The number of hydrogen-bond acceptors (Lipinski definition) is 4. The highest BCUT2D eigenvalue weighted by Crippen LogP contribution is 2.33. The molecule has 0 unspecified atom stereocenters. The molecule has 1 atom stereocenters. The van der Waals surface area contributed by atoms with Crippen molar-refractivity contribution in [2.24, 2.45) is 5.92 Å². The Labute approximate surface area is 112 Å². The zero-order valence-corrected chi connectivity index (χ0v) is 11.2. The maximum absolute atomic E-state index is 12.2. The van der Waals surface area contributed by atoms with Crippen LogP contribution in [0.4, 0.5) is 0 Å². The lowest BCUT2D eigenvalue weighted by atomic mass is 10.0. The number of benzene rings is 1. The molecule has 0 radical (unpaired) electrons. The van der Waals surface area contributed by atoms with Crippen LogP contribution in [0.3, 0.4) is 0 Å². The number of aliphatic hydroxyl groups excluding tert-OH is 1. The van der Waals surface area contributed by atoms with E-state index in [1.807, 2.05) is 13.8 Å². The molecular formula is C14H19NO4. The van der Waals surface area contributed by atoms with Crippen molar-refractivity contribution in [3.63, 3.8) is 0 Å². The molecule has 0 saturated heterocycles. The molecule has 1 aromatic carbocycles. The predicted octanol–water partition coefficient (Wildman–Crippen LogP) is 1.20. The number of amides is 1. The Morgan fingerprint density at radius 3 is 2.79 bits per heavy atom. The van der Waals surface area contributed by atoms with Crippen LogP contribution < -0.4 is 14.8 Å². The molecule has 1 aliphatic heterocycles. The van der Waals surface area contributed by atoms with E-state index in [1.165, 1.54) is 0 Å². The molecule has 19 heavy (non-hydrogen) atoms. The van der Waals surface area contributed by atoms with Gasteiger partial charge in [0.2, 0.25) is 0 Å². The number of hydrogen-bond donors (Lipinski definition) is 2. The van der Waals surface area contributed by atoms with Crippen molar-refractivity contribution in [2.45, 2.75) is 19.9 Å². The average molecular weight is 265 g/mol. The first-order valence-corrected chi connectivity index (χ1v) is 6.43. The summed E-state index contributed by atoms with van der Waals surface area (Å²) in [6, 6.07) is 4.95. The molecule has 2 rings (SSSR count). The summed E-state index contributed by atoms with van der Waals surface area (Å²) in [5, 5.41) is 12.1. The second-order valence-electron chi connectivity index (χ2n) is 4.84. The van der Waals surface area contributed by atoms with Gasteiger partial charge in [-0.05, 0) is 18.1 Å². The van der Waals surface area contributed by atoms with Crippen LogP contribution in [-0.4, -0.2) is 36.9 Å². The highest BCUT2D eigenvalue weighted by atomic mass is 16.6. The van der Waals surface area contributed by atoms with Gasteiger partial charge in [0, 0.05) is 0 Å². The minimum Gasteiger partial charge on any atom is -0.486 e. The lowest BCUT2D eigenvalue weighted by molar-refractivity contribution is 0.0886. The van der Waals surface area contributed by atoms with Gasteiger partial charge in [-0.15, -0.1) is 0 Å². The third kappa shape index (κ3) is 2.98. The van der Waals surface area contributed by atoms with Gasteiger partial charge in [-0.2, -0.15) is 0 Å². The van der Waals surface area contributed by atoms with Crippen LogP contribution in [0, 0.1) is 5.92 Å². The van der Waals surface area contributed by atoms with E-state index in [1.54, 1.807) is 18.2 Å². The van der Waals surface area contributed by atoms with E-state index in [4.69, 9.17) is 9.47 Å². The van der Waals surface area contributed by atoms with E-state index >= 15 is 0 Å². The number of carbonyl (C=O) groups excluding carboxylic acids is 1. The summed E-state index contributed by atoms with van der Waals surface area (Å²) in [6.45, 7) is 4.73. The molecule has 0 saturated carbocycles. The zero-order chi connectivity index (χ0) is 13.8. The quantitative estimate of drug-likeness (QED) is 0.858. The van der Waals surface area contributed by atoms with Crippen molar-refractivity contribution in [3.05, 3.63) is 23.8 Å². The number of rotatable bonds is 4. The molecule has 1 aliphatic rings. The lowest BCUT2D eigenvalue weighted by Crippen LogP contribution is -2.41. The first-order chi connectivity index (χ1) is 9.13. The zero-order valence-electron chi connectivity index (χ0n) is 11.2. The summed E-state index contributed by atoms with van der Waals surface area (Å²) in [5.41, 5.74) is 0.441. The molecule has 1 amide bonds. The molecular weight excluding hydrogens is 246 g/mol. The Hall–Kier alpha value is -1.75. The summed E-state index contributed by atoms with van der Waals surface area (Å²) in [7, 11) is 0. The Bertz CT molecular complexity index is 459. The van der Waals surface area contributed by atoms with Gasteiger partial charge >= 0.3 is 0 Å². The largest absolute Gasteiger partial charge is 0.486 e. The van der Waals surface area contributed by atoms with Crippen molar-refractivity contribution >= 4 is 5.91 Å². The van der Waals surface area contributed by atoms with Gasteiger partial charge in [-0.1, -0.05) is 19.9 Å². The van der Waals surface area contributed by atoms with Crippen molar-refractivity contribution in [1.29, 1.82) is 0 Å². The van der Waals surface area contributed by atoms with E-state index < -0.39 is 0 Å². The van der Waals surface area contributed by atoms with Gasteiger partial charge in [-0.25, -0.2) is 0 Å². The predicted molar refractivity (Wildman–Crippen MR) is 70.6 cm³/mol. The monoisotopic (exact) mass is 265 g/mol. The van der Waals surface area contributed by atoms with Gasteiger partial charge < -0.3 is 19.9 Å². The molecule has 2 N–H and O–H groups in total. The molecule has 1 aromatic rings. The summed E-state index contributed by atoms with van der Waals surface area (Å²) in [6.07, 6.45) is 0. The highest BCUT2D eigenvalue weighted by molar-refractivity contribution is 5.98. The maximum atomic E-state index is 12.2. The summed E-state index contributed by atoms with van der Waals surface area (Å²) in [5.74, 6) is 0.969. The normalized spacial score (nSPS) is 15.2. The number of para-hydroxylation sites is 1. The van der Waals surface area contributed by atoms with Crippen LogP contribution >= 0.6 is 0 Å². The molecule has 5 nitrogen and oxygen atoms in total. The smallest absolute Gasteiger partial charge is 0.255 e. The van der Waals surface area contributed by atoms with E-state index in [2.05, 4.69) is 5.32 Å². The summed E-state index contributed by atoms with van der Waals surface area (Å²) in [4.78, 5) is 12.2. The van der Waals surface area contributed by atoms with Gasteiger partial charge in [0.1, 0.15) is 13.2 Å². The van der Waals surface area contributed by atoms with Crippen LogP contribution in [-0.2, 0) is 0 Å². The van der Waals surface area contributed by atoms with E-state index in [-0.39, 0.29) is 24.5 Å². The van der Waals surface area contributed by atoms with Crippen LogP contribution in [0.2, 0.25) is 0 Å². The molecule has 0 fully saturated rings. The van der Waals surface area contributed by atoms with Gasteiger partial charge in [0.25, 0.3) is 5.91 Å². The van der Waals surface area contributed by atoms with E-state index in [9.17, 15) is 9.90 Å². The minimum absolute atomic E-state index is 0.0875. The van der Waals surface area contributed by atoms with Gasteiger partial charge in [0.15, 0.2) is 11.5 Å². The standard InChI is InChI=1S/C14H19NO4/c1-9(2)11(8-16)15-14(17)10-4-3-5-12-13(10)19-7-6-18-12/h3-5,9,11,16H,6-8H2,1-2H3,(H,15,17)/t11-/m1/s1. The summed E-state index contributed by atoms with van der Waals surface area (Å²) < 4.78 is 10.9. The SMILES string of the molecule is CC(C)[C@@H](CO)NC(=O)c1cccc2c1OCCO2. The molecule has 0 aliphatic carbocycles. The molecule has 0 aromatic heterocycles. The minimum atomic E-state index is -0.270. The molecule has 0 spiro atoms. The number of ether oxygens (including phenoxy) is 2. The maximum Gasteiger partial charge on any atom is 0.255 e.